The molecule has 0 aliphatic carbocycles. The van der Waals surface area contributed by atoms with Gasteiger partial charge in [0.25, 0.3) is 0 Å². The van der Waals surface area contributed by atoms with Crippen molar-refractivity contribution in [2.45, 2.75) is 37.5 Å². The lowest BCUT2D eigenvalue weighted by Crippen LogP contribution is -2.49. The minimum atomic E-state index is -2.95. The number of rotatable bonds is 5. The molecule has 0 saturated carbocycles. The van der Waals surface area contributed by atoms with Gasteiger partial charge in [0.1, 0.15) is 13.8 Å². The van der Waals surface area contributed by atoms with E-state index in [0.29, 0.717) is 0 Å². The van der Waals surface area contributed by atoms with Crippen LogP contribution in [0.1, 0.15) is 18.1 Å². The number of esters is 1. The summed E-state index contributed by atoms with van der Waals surface area (Å²) in [5.74, 6) is -1.78. The van der Waals surface area contributed by atoms with Gasteiger partial charge >= 0.3 is 5.97 Å². The SMILES string of the molecule is COC(=O)CC(c1ccco1)C(F)(F)[Si](C)(C)C. The third-order valence-electron chi connectivity index (χ3n) is 2.92. The van der Waals surface area contributed by atoms with Crippen LogP contribution in [0.25, 0.3) is 0 Å². The fourth-order valence-corrected chi connectivity index (χ4v) is 2.96. The molecule has 0 aliphatic heterocycles. The van der Waals surface area contributed by atoms with Crippen molar-refractivity contribution in [3.63, 3.8) is 0 Å². The Hall–Kier alpha value is -1.17. The Balaban J connectivity index is 3.09. The van der Waals surface area contributed by atoms with Gasteiger partial charge in [-0.2, -0.15) is 0 Å². The molecule has 1 heterocycles. The van der Waals surface area contributed by atoms with Crippen LogP contribution in [0.4, 0.5) is 8.78 Å². The van der Waals surface area contributed by atoms with Gasteiger partial charge in [-0.1, -0.05) is 19.6 Å². The minimum absolute atomic E-state index is 0.132. The largest absolute Gasteiger partial charge is 0.469 e. The Labute approximate surface area is 106 Å². The molecule has 0 aliphatic rings. The summed E-state index contributed by atoms with van der Waals surface area (Å²) in [5.41, 5.74) is -2.95. The van der Waals surface area contributed by atoms with E-state index in [0.717, 1.165) is 0 Å². The summed E-state index contributed by atoms with van der Waals surface area (Å²) in [6, 6.07) is 3.02. The van der Waals surface area contributed by atoms with E-state index in [-0.39, 0.29) is 12.2 Å². The number of carbonyl (C=O) groups is 1. The van der Waals surface area contributed by atoms with Crippen LogP contribution in [0.5, 0.6) is 0 Å². The molecule has 18 heavy (non-hydrogen) atoms. The lowest BCUT2D eigenvalue weighted by atomic mass is 10.0. The van der Waals surface area contributed by atoms with Gasteiger partial charge in [-0.05, 0) is 12.1 Å². The number of ether oxygens (including phenoxy) is 1. The summed E-state index contributed by atoms with van der Waals surface area (Å²) in [6.07, 6.45) is 0.960. The smallest absolute Gasteiger partial charge is 0.306 e. The zero-order valence-corrected chi connectivity index (χ0v) is 12.0. The summed E-state index contributed by atoms with van der Waals surface area (Å²) < 4.78 is 38.4. The second-order valence-electron chi connectivity index (χ2n) is 5.22. The minimum Gasteiger partial charge on any atom is -0.469 e. The predicted molar refractivity (Wildman–Crippen MR) is 66.4 cm³/mol. The highest BCUT2D eigenvalue weighted by Crippen LogP contribution is 2.43. The molecule has 0 bridgehead atoms. The maximum Gasteiger partial charge on any atom is 0.306 e. The van der Waals surface area contributed by atoms with Gasteiger partial charge in [-0.3, -0.25) is 4.79 Å². The van der Waals surface area contributed by atoms with E-state index in [1.807, 2.05) is 0 Å². The molecule has 102 valence electrons. The number of alkyl halides is 2. The maximum absolute atomic E-state index is 14.4. The molecule has 0 spiro atoms. The van der Waals surface area contributed by atoms with Crippen LogP contribution in [0, 0.1) is 0 Å². The van der Waals surface area contributed by atoms with Crippen molar-refractivity contribution in [2.75, 3.05) is 7.11 Å². The van der Waals surface area contributed by atoms with Crippen LogP contribution in [0.3, 0.4) is 0 Å². The Morgan fingerprint density at radius 1 is 1.50 bits per heavy atom. The molecule has 1 rings (SSSR count). The first kappa shape index (κ1) is 14.9. The second kappa shape index (κ2) is 5.22. The molecule has 1 atom stereocenters. The zero-order chi connectivity index (χ0) is 14.0. The number of hydrogen-bond donors (Lipinski definition) is 0. The fraction of sp³-hybridized carbons (Fsp3) is 0.583. The fourth-order valence-electron chi connectivity index (χ4n) is 1.67. The number of carbonyl (C=O) groups excluding carboxylic acids is 1. The van der Waals surface area contributed by atoms with Crippen molar-refractivity contribution in [3.8, 4) is 0 Å². The van der Waals surface area contributed by atoms with Gasteiger partial charge in [-0.15, -0.1) is 0 Å². The van der Waals surface area contributed by atoms with Crippen molar-refractivity contribution in [1.29, 1.82) is 0 Å². The molecule has 0 aromatic carbocycles. The Bertz CT molecular complexity index is 396. The molecule has 0 fully saturated rings. The van der Waals surface area contributed by atoms with Crippen molar-refractivity contribution >= 4 is 14.0 Å². The Kier molecular flexibility index (Phi) is 4.31. The number of hydrogen-bond acceptors (Lipinski definition) is 3. The summed E-state index contributed by atoms with van der Waals surface area (Å²) in [5, 5.41) is 0. The van der Waals surface area contributed by atoms with E-state index in [1.165, 1.54) is 19.4 Å². The average molecular weight is 276 g/mol. The Morgan fingerprint density at radius 3 is 2.50 bits per heavy atom. The standard InChI is InChI=1S/C12H18F2O3Si/c1-16-11(15)8-9(10-6-5-7-17-10)12(13,14)18(2,3)4/h5-7,9H,8H2,1-4H3. The van der Waals surface area contributed by atoms with Gasteiger partial charge in [-0.25, -0.2) is 8.78 Å². The first-order valence-corrected chi connectivity index (χ1v) is 9.18. The summed E-state index contributed by atoms with van der Waals surface area (Å²) >= 11 is 0. The van der Waals surface area contributed by atoms with Crippen LogP contribution in [0.2, 0.25) is 19.6 Å². The van der Waals surface area contributed by atoms with Crippen LogP contribution in [0.15, 0.2) is 22.8 Å². The van der Waals surface area contributed by atoms with E-state index in [4.69, 9.17) is 4.42 Å². The van der Waals surface area contributed by atoms with E-state index in [1.54, 1.807) is 25.7 Å². The number of halogens is 2. The molecule has 0 saturated heterocycles. The highest BCUT2D eigenvalue weighted by molar-refractivity contribution is 6.78. The van der Waals surface area contributed by atoms with Crippen LogP contribution in [-0.4, -0.2) is 26.7 Å². The van der Waals surface area contributed by atoms with Crippen molar-refractivity contribution in [3.05, 3.63) is 24.2 Å². The lowest BCUT2D eigenvalue weighted by molar-refractivity contribution is -0.142. The highest BCUT2D eigenvalue weighted by Gasteiger charge is 2.53. The maximum atomic E-state index is 14.4. The molecule has 1 unspecified atom stereocenters. The number of furan rings is 1. The van der Waals surface area contributed by atoms with Gasteiger partial charge in [0, 0.05) is 0 Å². The first-order chi connectivity index (χ1) is 8.20. The quantitative estimate of drug-likeness (QED) is 0.611. The zero-order valence-electron chi connectivity index (χ0n) is 11.0. The first-order valence-electron chi connectivity index (χ1n) is 5.68. The summed E-state index contributed by atoms with van der Waals surface area (Å²) in [7, 11) is -1.60. The van der Waals surface area contributed by atoms with Gasteiger partial charge in [0.05, 0.1) is 25.7 Å². The van der Waals surface area contributed by atoms with E-state index in [9.17, 15) is 13.6 Å². The highest BCUT2D eigenvalue weighted by atomic mass is 28.3. The monoisotopic (exact) mass is 276 g/mol. The van der Waals surface area contributed by atoms with Crippen molar-refractivity contribution < 1.29 is 22.7 Å². The molecule has 1 aromatic rings. The molecule has 0 N–H and O–H groups in total. The molecule has 0 radical (unpaired) electrons. The molecule has 0 amide bonds. The van der Waals surface area contributed by atoms with Crippen molar-refractivity contribution in [1.82, 2.24) is 0 Å². The van der Waals surface area contributed by atoms with Gasteiger partial charge < -0.3 is 9.15 Å². The molecule has 1 aromatic heterocycles. The third kappa shape index (κ3) is 2.98. The third-order valence-corrected chi connectivity index (χ3v) is 5.27. The van der Waals surface area contributed by atoms with Crippen LogP contribution >= 0.6 is 0 Å². The average Bonchev–Trinajstić information content (AvgIpc) is 2.76. The second-order valence-corrected chi connectivity index (χ2v) is 10.4. The van der Waals surface area contributed by atoms with Crippen LogP contribution in [-0.2, 0) is 9.53 Å². The van der Waals surface area contributed by atoms with E-state index < -0.39 is 25.5 Å². The Morgan fingerprint density at radius 2 is 2.11 bits per heavy atom. The van der Waals surface area contributed by atoms with E-state index in [2.05, 4.69) is 4.74 Å². The molecule has 3 nitrogen and oxygen atoms in total. The topological polar surface area (TPSA) is 39.4 Å². The summed E-state index contributed by atoms with van der Waals surface area (Å²) in [6.45, 7) is 4.71. The molecular weight excluding hydrogens is 258 g/mol. The number of methoxy groups -OCH3 is 1. The van der Waals surface area contributed by atoms with Crippen LogP contribution < -0.4 is 0 Å². The molecule has 6 heteroatoms. The lowest BCUT2D eigenvalue weighted by Gasteiger charge is -2.34. The van der Waals surface area contributed by atoms with Gasteiger partial charge in [0.2, 0.25) is 5.55 Å². The predicted octanol–water partition coefficient (Wildman–Crippen LogP) is 3.44. The molecular formula is C12H18F2O3Si. The van der Waals surface area contributed by atoms with E-state index >= 15 is 0 Å². The van der Waals surface area contributed by atoms with Crippen molar-refractivity contribution in [2.24, 2.45) is 0 Å². The van der Waals surface area contributed by atoms with Gasteiger partial charge in [0.15, 0.2) is 0 Å². The normalized spacial score (nSPS) is 14.3. The summed E-state index contributed by atoms with van der Waals surface area (Å²) in [4.78, 5) is 11.3.